The van der Waals surface area contributed by atoms with E-state index < -0.39 is 5.76 Å². The minimum atomic E-state index is -0.661. The fourth-order valence-corrected chi connectivity index (χ4v) is 1.69. The van der Waals surface area contributed by atoms with E-state index in [4.69, 9.17) is 4.74 Å². The van der Waals surface area contributed by atoms with Crippen molar-refractivity contribution in [2.45, 2.75) is 6.54 Å². The number of hydrogen-bond donors (Lipinski definition) is 1. The Labute approximate surface area is 115 Å². The van der Waals surface area contributed by atoms with E-state index in [2.05, 4.69) is 15.0 Å². The molecule has 1 aromatic heterocycles. The number of hydrogen-bond acceptors (Lipinski definition) is 5. The number of carbonyl (C=O) groups excluding carboxylic acids is 1. The zero-order valence-electron chi connectivity index (χ0n) is 11.0. The topological polar surface area (TPSA) is 86.4 Å². The van der Waals surface area contributed by atoms with Gasteiger partial charge in [-0.05, 0) is 0 Å². The Morgan fingerprint density at radius 3 is 2.85 bits per heavy atom. The third-order valence-electron chi connectivity index (χ3n) is 2.65. The van der Waals surface area contributed by atoms with Crippen molar-refractivity contribution < 1.29 is 14.1 Å². The van der Waals surface area contributed by atoms with Crippen LogP contribution in [0, 0.1) is 0 Å². The molecule has 0 unspecified atom stereocenters. The summed E-state index contributed by atoms with van der Waals surface area (Å²) >= 11 is 0. The Kier molecular flexibility index (Phi) is 4.67. The SMILES string of the molecule is COCCNC(=O)Cn1c(-c2ccccc2)noc1=O. The maximum atomic E-state index is 11.7. The van der Waals surface area contributed by atoms with Crippen LogP contribution < -0.4 is 11.1 Å². The molecular weight excluding hydrogens is 262 g/mol. The molecule has 0 atom stereocenters. The van der Waals surface area contributed by atoms with Crippen LogP contribution in [0.3, 0.4) is 0 Å². The Balaban J connectivity index is 2.14. The largest absolute Gasteiger partial charge is 0.442 e. The number of amides is 1. The van der Waals surface area contributed by atoms with Gasteiger partial charge < -0.3 is 10.1 Å². The lowest BCUT2D eigenvalue weighted by atomic mass is 10.2. The molecule has 20 heavy (non-hydrogen) atoms. The summed E-state index contributed by atoms with van der Waals surface area (Å²) in [7, 11) is 1.55. The summed E-state index contributed by atoms with van der Waals surface area (Å²) in [4.78, 5) is 23.3. The third-order valence-corrected chi connectivity index (χ3v) is 2.65. The number of carbonyl (C=O) groups is 1. The van der Waals surface area contributed by atoms with Gasteiger partial charge in [-0.3, -0.25) is 9.32 Å². The first-order valence-corrected chi connectivity index (χ1v) is 6.10. The summed E-state index contributed by atoms with van der Waals surface area (Å²) in [6.45, 7) is 0.655. The highest BCUT2D eigenvalue weighted by atomic mass is 16.5. The maximum absolute atomic E-state index is 11.7. The van der Waals surface area contributed by atoms with Crippen LogP contribution in [0.15, 0.2) is 39.6 Å². The number of aromatic nitrogens is 2. The maximum Gasteiger partial charge on any atom is 0.442 e. The van der Waals surface area contributed by atoms with E-state index in [1.807, 2.05) is 18.2 Å². The molecule has 1 N–H and O–H groups in total. The highest BCUT2D eigenvalue weighted by Gasteiger charge is 2.15. The van der Waals surface area contributed by atoms with Crippen molar-refractivity contribution >= 4 is 5.91 Å². The van der Waals surface area contributed by atoms with Crippen molar-refractivity contribution in [2.75, 3.05) is 20.3 Å². The summed E-state index contributed by atoms with van der Waals surface area (Å²) in [6.07, 6.45) is 0. The zero-order chi connectivity index (χ0) is 14.4. The fourth-order valence-electron chi connectivity index (χ4n) is 1.69. The van der Waals surface area contributed by atoms with Gasteiger partial charge in [0.15, 0.2) is 5.82 Å². The van der Waals surface area contributed by atoms with Crippen molar-refractivity contribution in [2.24, 2.45) is 0 Å². The van der Waals surface area contributed by atoms with E-state index >= 15 is 0 Å². The summed E-state index contributed by atoms with van der Waals surface area (Å²) in [5.41, 5.74) is 0.711. The van der Waals surface area contributed by atoms with E-state index in [1.54, 1.807) is 19.2 Å². The van der Waals surface area contributed by atoms with E-state index in [9.17, 15) is 9.59 Å². The minimum Gasteiger partial charge on any atom is -0.383 e. The van der Waals surface area contributed by atoms with Crippen LogP contribution in [-0.2, 0) is 16.1 Å². The highest BCUT2D eigenvalue weighted by Crippen LogP contribution is 2.14. The lowest BCUT2D eigenvalue weighted by molar-refractivity contribution is -0.121. The van der Waals surface area contributed by atoms with Gasteiger partial charge in [0.2, 0.25) is 5.91 Å². The molecule has 0 aliphatic carbocycles. The van der Waals surface area contributed by atoms with E-state index in [-0.39, 0.29) is 12.5 Å². The van der Waals surface area contributed by atoms with E-state index in [0.29, 0.717) is 24.5 Å². The van der Waals surface area contributed by atoms with Gasteiger partial charge in [-0.1, -0.05) is 35.5 Å². The standard InChI is InChI=1S/C13H15N3O4/c1-19-8-7-14-11(17)9-16-12(15-20-13(16)18)10-5-3-2-4-6-10/h2-6H,7-9H2,1H3,(H,14,17). The van der Waals surface area contributed by atoms with Gasteiger partial charge in [0, 0.05) is 19.2 Å². The predicted octanol–water partition coefficient (Wildman–Crippen LogP) is 0.266. The van der Waals surface area contributed by atoms with Crippen molar-refractivity contribution in [1.82, 2.24) is 15.0 Å². The molecule has 0 fully saturated rings. The molecular formula is C13H15N3O4. The lowest BCUT2D eigenvalue weighted by Gasteiger charge is -2.06. The highest BCUT2D eigenvalue weighted by molar-refractivity contribution is 5.76. The molecule has 0 aliphatic heterocycles. The zero-order valence-corrected chi connectivity index (χ0v) is 11.0. The van der Waals surface area contributed by atoms with Crippen LogP contribution in [0.1, 0.15) is 0 Å². The van der Waals surface area contributed by atoms with Crippen molar-refractivity contribution in [3.8, 4) is 11.4 Å². The van der Waals surface area contributed by atoms with Gasteiger partial charge in [-0.15, -0.1) is 0 Å². The Morgan fingerprint density at radius 1 is 1.40 bits per heavy atom. The van der Waals surface area contributed by atoms with Crippen LogP contribution in [0.25, 0.3) is 11.4 Å². The van der Waals surface area contributed by atoms with Crippen LogP contribution >= 0.6 is 0 Å². The lowest BCUT2D eigenvalue weighted by Crippen LogP contribution is -2.33. The number of methoxy groups -OCH3 is 1. The van der Waals surface area contributed by atoms with Crippen LogP contribution in [0.4, 0.5) is 0 Å². The molecule has 1 aromatic carbocycles. The number of ether oxygens (including phenoxy) is 1. The summed E-state index contributed by atoms with van der Waals surface area (Å²) in [5, 5.41) is 6.34. The molecule has 0 radical (unpaired) electrons. The van der Waals surface area contributed by atoms with Gasteiger partial charge in [0.05, 0.1) is 6.61 Å². The van der Waals surface area contributed by atoms with Gasteiger partial charge in [-0.25, -0.2) is 9.36 Å². The normalized spacial score (nSPS) is 10.4. The summed E-state index contributed by atoms with van der Waals surface area (Å²) in [6, 6.07) is 9.06. The Bertz CT molecular complexity index is 618. The second-order valence-corrected chi connectivity index (χ2v) is 4.07. The second-order valence-electron chi connectivity index (χ2n) is 4.07. The summed E-state index contributed by atoms with van der Waals surface area (Å²) in [5.74, 6) is -0.632. The van der Waals surface area contributed by atoms with Crippen molar-refractivity contribution in [1.29, 1.82) is 0 Å². The Morgan fingerprint density at radius 2 is 2.15 bits per heavy atom. The van der Waals surface area contributed by atoms with Crippen molar-refractivity contribution in [3.05, 3.63) is 40.9 Å². The molecule has 7 nitrogen and oxygen atoms in total. The number of rotatable bonds is 6. The second kappa shape index (κ2) is 6.67. The molecule has 2 aromatic rings. The van der Waals surface area contributed by atoms with Crippen molar-refractivity contribution in [3.63, 3.8) is 0 Å². The molecule has 0 bridgehead atoms. The predicted molar refractivity (Wildman–Crippen MR) is 71.1 cm³/mol. The molecule has 0 spiro atoms. The molecule has 106 valence electrons. The molecule has 1 heterocycles. The number of nitrogens with zero attached hydrogens (tertiary/aromatic N) is 2. The van der Waals surface area contributed by atoms with Gasteiger partial charge in [-0.2, -0.15) is 0 Å². The molecule has 7 heteroatoms. The van der Waals surface area contributed by atoms with Gasteiger partial charge in [0.25, 0.3) is 0 Å². The summed E-state index contributed by atoms with van der Waals surface area (Å²) < 4.78 is 10.7. The minimum absolute atomic E-state index is 0.143. The first-order valence-electron chi connectivity index (χ1n) is 6.10. The van der Waals surface area contributed by atoms with E-state index in [0.717, 1.165) is 0 Å². The molecule has 0 saturated carbocycles. The fraction of sp³-hybridized carbons (Fsp3) is 0.308. The van der Waals surface area contributed by atoms with Gasteiger partial charge >= 0.3 is 5.76 Å². The molecule has 0 aliphatic rings. The molecule has 2 rings (SSSR count). The molecule has 0 saturated heterocycles. The monoisotopic (exact) mass is 277 g/mol. The quantitative estimate of drug-likeness (QED) is 0.766. The van der Waals surface area contributed by atoms with Gasteiger partial charge in [0.1, 0.15) is 6.54 Å². The average Bonchev–Trinajstić information content (AvgIpc) is 2.82. The molecule has 1 amide bonds. The van der Waals surface area contributed by atoms with Crippen LogP contribution in [-0.4, -0.2) is 35.9 Å². The van der Waals surface area contributed by atoms with Crippen LogP contribution in [0.5, 0.6) is 0 Å². The average molecular weight is 277 g/mol. The van der Waals surface area contributed by atoms with Crippen LogP contribution in [0.2, 0.25) is 0 Å². The first kappa shape index (κ1) is 14.0. The Hall–Kier alpha value is -2.41. The number of nitrogens with one attached hydrogen (secondary N) is 1. The third kappa shape index (κ3) is 3.33. The number of benzene rings is 1. The smallest absolute Gasteiger partial charge is 0.383 e. The first-order chi connectivity index (χ1) is 9.72. The van der Waals surface area contributed by atoms with E-state index in [1.165, 1.54) is 4.57 Å².